The number of unbranched alkanes of at least 4 members (excludes halogenated alkanes) is 1. The predicted octanol–water partition coefficient (Wildman–Crippen LogP) is 5.46. The number of carboxylic acid groups (broad SMARTS) is 1. The maximum Gasteiger partial charge on any atom is 0.412 e. The van der Waals surface area contributed by atoms with Crippen LogP contribution in [0.2, 0.25) is 10.0 Å². The summed E-state index contributed by atoms with van der Waals surface area (Å²) in [6.45, 7) is 7.98. The van der Waals surface area contributed by atoms with E-state index in [1.54, 1.807) is 32.9 Å². The van der Waals surface area contributed by atoms with E-state index in [2.05, 4.69) is 6.92 Å². The third-order valence-corrected chi connectivity index (χ3v) is 3.41. The Morgan fingerprint density at radius 3 is 2.19 bits per heavy atom. The molecule has 0 fully saturated rings. The lowest BCUT2D eigenvalue weighted by atomic mass is 10.1. The Balaban J connectivity index is 3.14. The van der Waals surface area contributed by atoms with Crippen molar-refractivity contribution >= 4 is 35.0 Å². The molecule has 0 aliphatic heterocycles. The molecule has 1 amide bonds. The second-order valence-electron chi connectivity index (χ2n) is 5.73. The van der Waals surface area contributed by atoms with Crippen LogP contribution in [0.4, 0.5) is 10.5 Å². The number of ether oxygens (including phenoxy) is 1. The zero-order valence-electron chi connectivity index (χ0n) is 12.7. The van der Waals surface area contributed by atoms with Crippen molar-refractivity contribution in [1.82, 2.24) is 0 Å². The molecule has 0 aromatic heterocycles. The molecule has 6 heteroatoms. The van der Waals surface area contributed by atoms with Gasteiger partial charge < -0.3 is 9.84 Å². The van der Waals surface area contributed by atoms with E-state index in [4.69, 9.17) is 27.9 Å². The van der Waals surface area contributed by atoms with Crippen LogP contribution >= 0.6 is 23.2 Å². The van der Waals surface area contributed by atoms with Gasteiger partial charge in [0.2, 0.25) is 0 Å². The van der Waals surface area contributed by atoms with Gasteiger partial charge in [-0.25, -0.2) is 4.79 Å². The highest BCUT2D eigenvalue weighted by Crippen LogP contribution is 2.39. The van der Waals surface area contributed by atoms with Crippen molar-refractivity contribution in [2.75, 3.05) is 11.5 Å². The van der Waals surface area contributed by atoms with Gasteiger partial charge in [0.1, 0.15) is 0 Å². The first kappa shape index (κ1) is 17.9. The highest BCUT2D eigenvalue weighted by atomic mass is 35.5. The van der Waals surface area contributed by atoms with Crippen LogP contribution in [-0.4, -0.2) is 23.3 Å². The summed E-state index contributed by atoms with van der Waals surface area (Å²) in [7, 11) is 0. The zero-order valence-corrected chi connectivity index (χ0v) is 14.3. The Labute approximate surface area is 135 Å². The lowest BCUT2D eigenvalue weighted by Crippen LogP contribution is -2.45. The lowest BCUT2D eigenvalue weighted by molar-refractivity contribution is 0.195. The van der Waals surface area contributed by atoms with Crippen LogP contribution < -0.4 is 9.64 Å². The molecule has 1 N–H and O–H groups in total. The van der Waals surface area contributed by atoms with Crippen LogP contribution in [0.5, 0.6) is 5.75 Å². The van der Waals surface area contributed by atoms with Gasteiger partial charge in [0.05, 0.1) is 22.3 Å². The van der Waals surface area contributed by atoms with Crippen molar-refractivity contribution in [1.29, 1.82) is 0 Å². The molecule has 118 valence electrons. The van der Waals surface area contributed by atoms with E-state index in [0.717, 1.165) is 12.8 Å². The third-order valence-electron chi connectivity index (χ3n) is 2.85. The second kappa shape index (κ2) is 7.23. The minimum Gasteiger partial charge on any atom is -0.490 e. The topological polar surface area (TPSA) is 49.8 Å². The van der Waals surface area contributed by atoms with Gasteiger partial charge in [0.25, 0.3) is 0 Å². The quantitative estimate of drug-likeness (QED) is 0.728. The standard InChI is InChI=1S/C15H21Cl2NO3/c1-5-6-7-21-13-11(16)8-10(9-12(13)17)18(14(19)20)15(2,3)4/h8-9H,5-7H2,1-4H3,(H,19,20). The zero-order chi connectivity index (χ0) is 16.2. The SMILES string of the molecule is CCCCOc1c(Cl)cc(N(C(=O)O)C(C)(C)C)cc1Cl. The fraction of sp³-hybridized carbons (Fsp3) is 0.533. The largest absolute Gasteiger partial charge is 0.490 e. The van der Waals surface area contributed by atoms with Crippen molar-refractivity contribution < 1.29 is 14.6 Å². The number of hydrogen-bond donors (Lipinski definition) is 1. The molecule has 0 bridgehead atoms. The van der Waals surface area contributed by atoms with Crippen molar-refractivity contribution in [2.45, 2.75) is 46.1 Å². The van der Waals surface area contributed by atoms with E-state index < -0.39 is 11.6 Å². The summed E-state index contributed by atoms with van der Waals surface area (Å²) in [4.78, 5) is 12.7. The molecule has 1 rings (SSSR count). The average Bonchev–Trinajstić information content (AvgIpc) is 2.30. The van der Waals surface area contributed by atoms with Gasteiger partial charge in [0.15, 0.2) is 5.75 Å². The minimum atomic E-state index is -1.06. The van der Waals surface area contributed by atoms with Crippen LogP contribution in [0.3, 0.4) is 0 Å². The lowest BCUT2D eigenvalue weighted by Gasteiger charge is -2.33. The Morgan fingerprint density at radius 1 is 1.29 bits per heavy atom. The molecule has 0 aliphatic rings. The van der Waals surface area contributed by atoms with Gasteiger partial charge in [-0.15, -0.1) is 0 Å². The molecule has 0 radical (unpaired) electrons. The Bertz CT molecular complexity index is 489. The minimum absolute atomic E-state index is 0.309. The van der Waals surface area contributed by atoms with Gasteiger partial charge in [-0.3, -0.25) is 4.90 Å². The first-order chi connectivity index (χ1) is 9.68. The Kier molecular flexibility index (Phi) is 6.17. The van der Waals surface area contributed by atoms with Crippen LogP contribution in [-0.2, 0) is 0 Å². The number of rotatable bonds is 5. The number of anilines is 1. The summed E-state index contributed by atoms with van der Waals surface area (Å²) in [5.41, 5.74) is -0.184. The van der Waals surface area contributed by atoms with E-state index in [9.17, 15) is 9.90 Å². The first-order valence-electron chi connectivity index (χ1n) is 6.83. The summed E-state index contributed by atoms with van der Waals surface area (Å²) in [6, 6.07) is 3.13. The van der Waals surface area contributed by atoms with Crippen LogP contribution in [0.25, 0.3) is 0 Å². The van der Waals surface area contributed by atoms with Gasteiger partial charge in [-0.2, -0.15) is 0 Å². The summed E-state index contributed by atoms with van der Waals surface area (Å²) in [5.74, 6) is 0.398. The summed E-state index contributed by atoms with van der Waals surface area (Å²) >= 11 is 12.4. The van der Waals surface area contributed by atoms with Gasteiger partial charge in [-0.1, -0.05) is 36.5 Å². The van der Waals surface area contributed by atoms with Crippen LogP contribution in [0, 0.1) is 0 Å². The Hall–Kier alpha value is -1.13. The van der Waals surface area contributed by atoms with Crippen molar-refractivity contribution in [3.8, 4) is 5.75 Å². The number of halogens is 2. The molecule has 21 heavy (non-hydrogen) atoms. The van der Waals surface area contributed by atoms with E-state index in [-0.39, 0.29) is 0 Å². The fourth-order valence-electron chi connectivity index (χ4n) is 1.92. The molecule has 4 nitrogen and oxygen atoms in total. The Morgan fingerprint density at radius 2 is 1.81 bits per heavy atom. The van der Waals surface area contributed by atoms with E-state index >= 15 is 0 Å². The summed E-state index contributed by atoms with van der Waals surface area (Å²) < 4.78 is 5.56. The number of amides is 1. The normalized spacial score (nSPS) is 11.3. The highest BCUT2D eigenvalue weighted by molar-refractivity contribution is 6.37. The number of benzene rings is 1. The molecular formula is C15H21Cl2NO3. The molecule has 0 spiro atoms. The monoisotopic (exact) mass is 333 g/mol. The third kappa shape index (κ3) is 4.68. The predicted molar refractivity (Wildman–Crippen MR) is 87.1 cm³/mol. The number of hydrogen-bond acceptors (Lipinski definition) is 2. The smallest absolute Gasteiger partial charge is 0.412 e. The van der Waals surface area contributed by atoms with E-state index in [0.29, 0.717) is 28.1 Å². The number of nitrogens with zero attached hydrogens (tertiary/aromatic N) is 1. The van der Waals surface area contributed by atoms with Crippen molar-refractivity contribution in [3.05, 3.63) is 22.2 Å². The average molecular weight is 334 g/mol. The van der Waals surface area contributed by atoms with Crippen molar-refractivity contribution in [2.24, 2.45) is 0 Å². The van der Waals surface area contributed by atoms with Crippen LogP contribution in [0.15, 0.2) is 12.1 Å². The fourth-order valence-corrected chi connectivity index (χ4v) is 2.50. The maximum absolute atomic E-state index is 11.5. The summed E-state index contributed by atoms with van der Waals surface area (Å²) in [6.07, 6.45) is 0.844. The number of carbonyl (C=O) groups is 1. The van der Waals surface area contributed by atoms with Gasteiger partial charge >= 0.3 is 6.09 Å². The maximum atomic E-state index is 11.5. The van der Waals surface area contributed by atoms with Gasteiger partial charge in [0, 0.05) is 5.54 Å². The molecule has 0 heterocycles. The molecule has 1 aromatic carbocycles. The molecule has 0 saturated carbocycles. The molecule has 1 aromatic rings. The van der Waals surface area contributed by atoms with E-state index in [1.165, 1.54) is 4.90 Å². The van der Waals surface area contributed by atoms with Crippen LogP contribution in [0.1, 0.15) is 40.5 Å². The highest BCUT2D eigenvalue weighted by Gasteiger charge is 2.29. The molecule has 0 atom stereocenters. The molecule has 0 saturated heterocycles. The van der Waals surface area contributed by atoms with Crippen molar-refractivity contribution in [3.63, 3.8) is 0 Å². The van der Waals surface area contributed by atoms with Gasteiger partial charge in [-0.05, 0) is 39.3 Å². The first-order valence-corrected chi connectivity index (χ1v) is 7.59. The molecule has 0 unspecified atom stereocenters. The second-order valence-corrected chi connectivity index (χ2v) is 6.54. The molecular weight excluding hydrogens is 313 g/mol. The molecule has 0 aliphatic carbocycles. The summed E-state index contributed by atoms with van der Waals surface area (Å²) in [5, 5.41) is 10.0. The van der Waals surface area contributed by atoms with E-state index in [1.807, 2.05) is 0 Å².